The summed E-state index contributed by atoms with van der Waals surface area (Å²) in [5.41, 5.74) is 5.42. The average molecular weight is 409 g/mol. The predicted octanol–water partition coefficient (Wildman–Crippen LogP) is 3.96. The van der Waals surface area contributed by atoms with Crippen molar-refractivity contribution in [2.24, 2.45) is 4.99 Å². The molecule has 2 aromatic carbocycles. The van der Waals surface area contributed by atoms with Crippen LogP contribution in [0.2, 0.25) is 0 Å². The number of anilines is 1. The normalized spacial score (nSPS) is 19.7. The van der Waals surface area contributed by atoms with E-state index >= 15 is 0 Å². The Balaban J connectivity index is 1.62. The van der Waals surface area contributed by atoms with Crippen LogP contribution in [0.5, 0.6) is 0 Å². The Hall–Kier alpha value is -3.93. The lowest BCUT2D eigenvalue weighted by atomic mass is 9.92. The number of benzene rings is 2. The number of rotatable bonds is 3. The molecular formula is C25H19N3O3. The van der Waals surface area contributed by atoms with Crippen molar-refractivity contribution in [3.05, 3.63) is 83.4 Å². The number of carbonyl (C=O) groups excluding carboxylic acids is 2. The van der Waals surface area contributed by atoms with Crippen LogP contribution in [-0.4, -0.2) is 23.6 Å². The maximum absolute atomic E-state index is 13.0. The van der Waals surface area contributed by atoms with Crippen LogP contribution >= 0.6 is 0 Å². The number of nitrogens with zero attached hydrogens (tertiary/aromatic N) is 2. The number of hydrogen-bond acceptors (Lipinski definition) is 5. The van der Waals surface area contributed by atoms with Crippen molar-refractivity contribution in [3.8, 4) is 0 Å². The summed E-state index contributed by atoms with van der Waals surface area (Å²) in [4.78, 5) is 32.9. The number of amides is 2. The second-order valence-corrected chi connectivity index (χ2v) is 7.94. The molecule has 0 bridgehead atoms. The van der Waals surface area contributed by atoms with Crippen LogP contribution in [0.15, 0.2) is 76.1 Å². The Morgan fingerprint density at radius 1 is 1.06 bits per heavy atom. The molecule has 0 fully saturated rings. The predicted molar refractivity (Wildman–Crippen MR) is 119 cm³/mol. The topological polar surface area (TPSA) is 74.9 Å². The third kappa shape index (κ3) is 2.48. The van der Waals surface area contributed by atoms with Gasteiger partial charge in [-0.1, -0.05) is 43.3 Å². The first-order valence-corrected chi connectivity index (χ1v) is 10.4. The van der Waals surface area contributed by atoms with Crippen molar-refractivity contribution < 1.29 is 14.0 Å². The molecule has 3 aliphatic heterocycles. The SMILES string of the molecule is CCC1Cc2cccc3c2N1C=CN=C3C1=C(c2cccc3ccoc23)C(=O)NC1=O. The van der Waals surface area contributed by atoms with Gasteiger partial charge in [-0.15, -0.1) is 0 Å². The van der Waals surface area contributed by atoms with Gasteiger partial charge in [0, 0.05) is 35.0 Å². The van der Waals surface area contributed by atoms with Gasteiger partial charge in [-0.25, -0.2) is 0 Å². The van der Waals surface area contributed by atoms with Crippen LogP contribution < -0.4 is 10.2 Å². The van der Waals surface area contributed by atoms with E-state index in [2.05, 4.69) is 28.2 Å². The number of carbonyl (C=O) groups is 2. The van der Waals surface area contributed by atoms with Gasteiger partial charge >= 0.3 is 0 Å². The van der Waals surface area contributed by atoms with Gasteiger partial charge in [-0.2, -0.15) is 0 Å². The van der Waals surface area contributed by atoms with Gasteiger partial charge in [0.1, 0.15) is 5.58 Å². The number of aliphatic imine (C=N–C) groups is 1. The molecule has 1 atom stereocenters. The number of imide groups is 1. The second-order valence-electron chi connectivity index (χ2n) is 7.94. The lowest BCUT2D eigenvalue weighted by Gasteiger charge is -2.23. The fourth-order valence-corrected chi connectivity index (χ4v) is 4.90. The molecule has 0 spiro atoms. The Labute approximate surface area is 178 Å². The van der Waals surface area contributed by atoms with Crippen molar-refractivity contribution in [1.29, 1.82) is 0 Å². The van der Waals surface area contributed by atoms with Gasteiger partial charge in [-0.05, 0) is 24.5 Å². The first-order chi connectivity index (χ1) is 15.2. The lowest BCUT2D eigenvalue weighted by molar-refractivity contribution is -0.123. The first-order valence-electron chi connectivity index (χ1n) is 10.4. The second kappa shape index (κ2) is 6.54. The van der Waals surface area contributed by atoms with Crippen LogP contribution in [0.25, 0.3) is 16.5 Å². The maximum atomic E-state index is 13.0. The summed E-state index contributed by atoms with van der Waals surface area (Å²) in [6, 6.07) is 13.9. The number of hydrogen-bond donors (Lipinski definition) is 1. The highest BCUT2D eigenvalue weighted by molar-refractivity contribution is 6.48. The molecule has 6 heteroatoms. The highest BCUT2D eigenvalue weighted by atomic mass is 16.3. The smallest absolute Gasteiger partial charge is 0.261 e. The minimum absolute atomic E-state index is 0.286. The monoisotopic (exact) mass is 409 g/mol. The van der Waals surface area contributed by atoms with Crippen molar-refractivity contribution in [2.75, 3.05) is 4.90 Å². The van der Waals surface area contributed by atoms with E-state index < -0.39 is 11.8 Å². The van der Waals surface area contributed by atoms with E-state index in [1.54, 1.807) is 18.5 Å². The Morgan fingerprint density at radius 2 is 1.87 bits per heavy atom. The standard InChI is InChI=1S/C25H19N3O3/c1-2-16-13-15-6-4-8-18-21(26-10-11-28(16)22(15)18)20-19(24(29)27-25(20)30)17-7-3-5-14-9-12-31-23(14)17/h3-12,16H,2,13H2,1H3,(H,27,29,30). The molecule has 0 saturated heterocycles. The van der Waals surface area contributed by atoms with Crippen LogP contribution in [0, 0.1) is 0 Å². The van der Waals surface area contributed by atoms with Crippen molar-refractivity contribution in [2.45, 2.75) is 25.8 Å². The van der Waals surface area contributed by atoms with E-state index in [1.165, 1.54) is 5.56 Å². The van der Waals surface area contributed by atoms with Gasteiger partial charge in [0.25, 0.3) is 11.8 Å². The zero-order valence-electron chi connectivity index (χ0n) is 16.9. The zero-order valence-corrected chi connectivity index (χ0v) is 16.9. The molecular weight excluding hydrogens is 390 g/mol. The molecule has 2 amide bonds. The number of fused-ring (bicyclic) bond motifs is 1. The van der Waals surface area contributed by atoms with E-state index in [4.69, 9.17) is 4.42 Å². The molecule has 3 aromatic rings. The molecule has 6 nitrogen and oxygen atoms in total. The lowest BCUT2D eigenvalue weighted by Crippen LogP contribution is -2.27. The fraction of sp³-hybridized carbons (Fsp3) is 0.160. The molecule has 0 saturated carbocycles. The minimum atomic E-state index is -0.438. The molecule has 1 aromatic heterocycles. The third-order valence-corrected chi connectivity index (χ3v) is 6.30. The third-order valence-electron chi connectivity index (χ3n) is 6.30. The molecule has 1 N–H and O–H groups in total. The molecule has 4 heterocycles. The van der Waals surface area contributed by atoms with Gasteiger partial charge in [0.15, 0.2) is 0 Å². The van der Waals surface area contributed by atoms with Crippen molar-refractivity contribution in [3.63, 3.8) is 0 Å². The van der Waals surface area contributed by atoms with Crippen LogP contribution in [0.4, 0.5) is 5.69 Å². The largest absolute Gasteiger partial charge is 0.464 e. The number of para-hydroxylation sites is 2. The zero-order chi connectivity index (χ0) is 21.1. The summed E-state index contributed by atoms with van der Waals surface area (Å²) in [7, 11) is 0. The maximum Gasteiger partial charge on any atom is 0.261 e. The van der Waals surface area contributed by atoms with Gasteiger partial charge in [-0.3, -0.25) is 19.9 Å². The van der Waals surface area contributed by atoms with Crippen molar-refractivity contribution in [1.82, 2.24) is 5.32 Å². The van der Waals surface area contributed by atoms with Gasteiger partial charge in [0.05, 0.1) is 28.8 Å². The average Bonchev–Trinajstić information content (AvgIpc) is 3.42. The van der Waals surface area contributed by atoms with Crippen LogP contribution in [0.1, 0.15) is 30.0 Å². The quantitative estimate of drug-likeness (QED) is 0.665. The van der Waals surface area contributed by atoms with Crippen LogP contribution in [-0.2, 0) is 16.0 Å². The van der Waals surface area contributed by atoms with E-state index in [0.717, 1.165) is 29.5 Å². The van der Waals surface area contributed by atoms with Crippen LogP contribution in [0.3, 0.4) is 0 Å². The Kier molecular flexibility index (Phi) is 3.77. The molecule has 1 unspecified atom stereocenters. The highest BCUT2D eigenvalue weighted by Crippen LogP contribution is 2.41. The Morgan fingerprint density at radius 3 is 2.74 bits per heavy atom. The number of nitrogens with one attached hydrogen (secondary N) is 1. The van der Waals surface area contributed by atoms with Gasteiger partial charge in [0.2, 0.25) is 0 Å². The molecule has 6 rings (SSSR count). The summed E-state index contributed by atoms with van der Waals surface area (Å²) in [5.74, 6) is -0.873. The summed E-state index contributed by atoms with van der Waals surface area (Å²) in [6.07, 6.45) is 7.23. The van der Waals surface area contributed by atoms with E-state index in [0.29, 0.717) is 28.5 Å². The summed E-state index contributed by atoms with van der Waals surface area (Å²) < 4.78 is 5.66. The van der Waals surface area contributed by atoms with E-state index in [-0.39, 0.29) is 5.57 Å². The molecule has 31 heavy (non-hydrogen) atoms. The number of furan rings is 1. The summed E-state index contributed by atoms with van der Waals surface area (Å²) in [6.45, 7) is 2.17. The minimum Gasteiger partial charge on any atom is -0.464 e. The highest BCUT2D eigenvalue weighted by Gasteiger charge is 2.39. The summed E-state index contributed by atoms with van der Waals surface area (Å²) >= 11 is 0. The fourth-order valence-electron chi connectivity index (χ4n) is 4.90. The molecule has 3 aliphatic rings. The molecule has 152 valence electrons. The molecule has 0 radical (unpaired) electrons. The summed E-state index contributed by atoms with van der Waals surface area (Å²) in [5, 5.41) is 3.34. The Bertz CT molecular complexity index is 1380. The van der Waals surface area contributed by atoms with Gasteiger partial charge < -0.3 is 9.32 Å². The van der Waals surface area contributed by atoms with Crippen molar-refractivity contribution >= 4 is 39.8 Å². The van der Waals surface area contributed by atoms with E-state index in [1.807, 2.05) is 36.5 Å². The molecule has 0 aliphatic carbocycles. The van der Waals surface area contributed by atoms with E-state index in [9.17, 15) is 9.59 Å². The first kappa shape index (κ1) is 17.9.